The molecule has 1 saturated heterocycles. The molecule has 1 aromatic heterocycles. The number of amides is 1. The lowest BCUT2D eigenvalue weighted by molar-refractivity contribution is 0.0737. The summed E-state index contributed by atoms with van der Waals surface area (Å²) in [7, 11) is -2.33. The molecule has 1 atom stereocenters. The summed E-state index contributed by atoms with van der Waals surface area (Å²) in [5.41, 5.74) is 0.378. The van der Waals surface area contributed by atoms with Crippen molar-refractivity contribution in [2.24, 2.45) is 0 Å². The van der Waals surface area contributed by atoms with Crippen LogP contribution in [0.2, 0.25) is 0 Å². The highest BCUT2D eigenvalue weighted by Gasteiger charge is 2.33. The van der Waals surface area contributed by atoms with Gasteiger partial charge in [-0.25, -0.2) is 13.1 Å². The number of carbonyl (C=O) groups is 1. The van der Waals surface area contributed by atoms with Crippen molar-refractivity contribution in [2.75, 3.05) is 13.7 Å². The molecule has 2 heterocycles. The first-order valence-electron chi connectivity index (χ1n) is 10.5. The molecule has 8 heteroatoms. The minimum Gasteiger partial charge on any atom is -0.495 e. The standard InChI is InChI=1S/C22H28N2O4S2/c1-15-9-12-20(29-15)18-8-5-13-24(18)22(25)16-10-11-19(28-2)21(14-16)30(26,27)23-17-6-3-4-7-17/h9-12,14,17-18,23H,3-8,13H2,1-2H3. The third kappa shape index (κ3) is 4.26. The van der Waals surface area contributed by atoms with Gasteiger partial charge >= 0.3 is 0 Å². The average molecular weight is 449 g/mol. The average Bonchev–Trinajstić information content (AvgIpc) is 3.48. The van der Waals surface area contributed by atoms with E-state index in [2.05, 4.69) is 23.8 Å². The zero-order chi connectivity index (χ0) is 21.3. The Balaban J connectivity index is 1.62. The number of rotatable bonds is 6. The van der Waals surface area contributed by atoms with Gasteiger partial charge in [-0.1, -0.05) is 12.8 Å². The van der Waals surface area contributed by atoms with Gasteiger partial charge in [0.2, 0.25) is 10.0 Å². The predicted molar refractivity (Wildman–Crippen MR) is 118 cm³/mol. The van der Waals surface area contributed by atoms with Crippen LogP contribution in [0, 0.1) is 6.92 Å². The monoisotopic (exact) mass is 448 g/mol. The summed E-state index contributed by atoms with van der Waals surface area (Å²) >= 11 is 1.71. The van der Waals surface area contributed by atoms with Crippen LogP contribution in [0.15, 0.2) is 35.2 Å². The number of benzene rings is 1. The van der Waals surface area contributed by atoms with Crippen LogP contribution in [0.25, 0.3) is 0 Å². The number of carbonyl (C=O) groups excluding carboxylic acids is 1. The van der Waals surface area contributed by atoms with Crippen molar-refractivity contribution in [3.8, 4) is 5.75 Å². The van der Waals surface area contributed by atoms with Crippen LogP contribution < -0.4 is 9.46 Å². The van der Waals surface area contributed by atoms with Crippen LogP contribution in [0.5, 0.6) is 5.75 Å². The number of sulfonamides is 1. The molecule has 6 nitrogen and oxygen atoms in total. The summed E-state index contributed by atoms with van der Waals surface area (Å²) in [6, 6.07) is 8.87. The van der Waals surface area contributed by atoms with E-state index < -0.39 is 10.0 Å². The molecule has 30 heavy (non-hydrogen) atoms. The number of nitrogens with one attached hydrogen (secondary N) is 1. The molecule has 1 unspecified atom stereocenters. The summed E-state index contributed by atoms with van der Waals surface area (Å²) in [5.74, 6) is 0.118. The molecule has 2 aromatic rings. The zero-order valence-corrected chi connectivity index (χ0v) is 19.0. The normalized spacial score (nSPS) is 20.1. The molecule has 1 saturated carbocycles. The first-order chi connectivity index (χ1) is 14.4. The van der Waals surface area contributed by atoms with Crippen LogP contribution in [0.3, 0.4) is 0 Å². The number of hydrogen-bond donors (Lipinski definition) is 1. The Hall–Kier alpha value is -1.90. The zero-order valence-electron chi connectivity index (χ0n) is 17.4. The van der Waals surface area contributed by atoms with Crippen molar-refractivity contribution in [3.63, 3.8) is 0 Å². The maximum Gasteiger partial charge on any atom is 0.254 e. The van der Waals surface area contributed by atoms with E-state index in [1.807, 2.05) is 4.90 Å². The second-order valence-electron chi connectivity index (χ2n) is 8.07. The van der Waals surface area contributed by atoms with E-state index in [-0.39, 0.29) is 28.6 Å². The van der Waals surface area contributed by atoms with E-state index >= 15 is 0 Å². The molecule has 0 bridgehead atoms. The van der Waals surface area contributed by atoms with Gasteiger partial charge in [-0.3, -0.25) is 4.79 Å². The van der Waals surface area contributed by atoms with Gasteiger partial charge in [-0.05, 0) is 62.9 Å². The van der Waals surface area contributed by atoms with Gasteiger partial charge in [0.1, 0.15) is 10.6 Å². The lowest BCUT2D eigenvalue weighted by atomic mass is 10.1. The maximum atomic E-state index is 13.3. The molecule has 1 aromatic carbocycles. The molecule has 4 rings (SSSR count). The van der Waals surface area contributed by atoms with Gasteiger partial charge in [0.25, 0.3) is 5.91 Å². The van der Waals surface area contributed by atoms with Crippen molar-refractivity contribution in [3.05, 3.63) is 45.6 Å². The fourth-order valence-corrected chi connectivity index (χ4v) is 6.98. The lowest BCUT2D eigenvalue weighted by Crippen LogP contribution is -2.33. The Labute approximate surface area is 182 Å². The van der Waals surface area contributed by atoms with Crippen molar-refractivity contribution in [2.45, 2.75) is 62.4 Å². The van der Waals surface area contributed by atoms with Crippen LogP contribution in [0.4, 0.5) is 0 Å². The number of nitrogens with zero attached hydrogens (tertiary/aromatic N) is 1. The number of aryl methyl sites for hydroxylation is 1. The van der Waals surface area contributed by atoms with Crippen LogP contribution in [-0.2, 0) is 10.0 Å². The molecule has 1 aliphatic heterocycles. The lowest BCUT2D eigenvalue weighted by Gasteiger charge is -2.24. The van der Waals surface area contributed by atoms with Crippen molar-refractivity contribution in [1.29, 1.82) is 0 Å². The number of thiophene rings is 1. The Kier molecular flexibility index (Phi) is 6.18. The highest BCUT2D eigenvalue weighted by molar-refractivity contribution is 7.89. The van der Waals surface area contributed by atoms with E-state index in [4.69, 9.17) is 4.74 Å². The fraction of sp³-hybridized carbons (Fsp3) is 0.500. The first kappa shape index (κ1) is 21.3. The second-order valence-corrected chi connectivity index (χ2v) is 11.1. The number of hydrogen-bond acceptors (Lipinski definition) is 5. The van der Waals surface area contributed by atoms with E-state index in [1.165, 1.54) is 22.9 Å². The van der Waals surface area contributed by atoms with Gasteiger partial charge in [0.05, 0.1) is 13.2 Å². The third-order valence-electron chi connectivity index (χ3n) is 5.98. The molecular weight excluding hydrogens is 420 g/mol. The maximum absolute atomic E-state index is 13.3. The van der Waals surface area contributed by atoms with Crippen molar-refractivity contribution in [1.82, 2.24) is 9.62 Å². The summed E-state index contributed by atoms with van der Waals surface area (Å²) in [6.07, 6.45) is 5.61. The molecule has 1 amide bonds. The number of methoxy groups -OCH3 is 1. The summed E-state index contributed by atoms with van der Waals surface area (Å²) in [6.45, 7) is 2.74. The van der Waals surface area contributed by atoms with Gasteiger partial charge in [0.15, 0.2) is 0 Å². The van der Waals surface area contributed by atoms with Gasteiger partial charge in [0, 0.05) is 27.9 Å². The SMILES string of the molecule is COc1ccc(C(=O)N2CCCC2c2ccc(C)s2)cc1S(=O)(=O)NC1CCCC1. The van der Waals surface area contributed by atoms with E-state index in [1.54, 1.807) is 23.5 Å². The van der Waals surface area contributed by atoms with Crippen LogP contribution in [0.1, 0.15) is 64.7 Å². The highest BCUT2D eigenvalue weighted by atomic mass is 32.2. The Bertz CT molecular complexity index is 1030. The summed E-state index contributed by atoms with van der Waals surface area (Å²) in [5, 5.41) is 0. The van der Waals surface area contributed by atoms with Gasteiger partial charge < -0.3 is 9.64 Å². The molecule has 2 fully saturated rings. The Morgan fingerprint density at radius 1 is 1.13 bits per heavy atom. The highest BCUT2D eigenvalue weighted by Crippen LogP contribution is 2.37. The van der Waals surface area contributed by atoms with Gasteiger partial charge in [-0.2, -0.15) is 0 Å². The largest absolute Gasteiger partial charge is 0.495 e. The van der Waals surface area contributed by atoms with E-state index in [9.17, 15) is 13.2 Å². The summed E-state index contributed by atoms with van der Waals surface area (Å²) < 4.78 is 34.2. The number of ether oxygens (including phenoxy) is 1. The first-order valence-corrected chi connectivity index (χ1v) is 12.8. The van der Waals surface area contributed by atoms with E-state index in [0.29, 0.717) is 12.1 Å². The minimum absolute atomic E-state index is 0.0328. The second kappa shape index (κ2) is 8.69. The van der Waals surface area contributed by atoms with Crippen LogP contribution >= 0.6 is 11.3 Å². The Morgan fingerprint density at radius 2 is 1.90 bits per heavy atom. The van der Waals surface area contributed by atoms with Crippen LogP contribution in [-0.4, -0.2) is 38.9 Å². The fourth-order valence-electron chi connectivity index (χ4n) is 4.45. The summed E-state index contributed by atoms with van der Waals surface area (Å²) in [4.78, 5) is 17.6. The molecule has 0 spiro atoms. The molecular formula is C22H28N2O4S2. The smallest absolute Gasteiger partial charge is 0.254 e. The molecule has 2 aliphatic rings. The Morgan fingerprint density at radius 3 is 2.57 bits per heavy atom. The topological polar surface area (TPSA) is 75.7 Å². The van der Waals surface area contributed by atoms with Crippen molar-refractivity contribution < 1.29 is 17.9 Å². The van der Waals surface area contributed by atoms with Gasteiger partial charge in [-0.15, -0.1) is 11.3 Å². The predicted octanol–water partition coefficient (Wildman–Crippen LogP) is 4.26. The third-order valence-corrected chi connectivity index (χ3v) is 8.62. The molecule has 162 valence electrons. The number of likely N-dealkylation sites (tertiary alicyclic amines) is 1. The molecule has 1 aliphatic carbocycles. The molecule has 1 N–H and O–H groups in total. The molecule has 0 radical (unpaired) electrons. The quantitative estimate of drug-likeness (QED) is 0.716. The van der Waals surface area contributed by atoms with Crippen molar-refractivity contribution >= 4 is 27.3 Å². The minimum atomic E-state index is -3.77. The van der Waals surface area contributed by atoms with E-state index in [0.717, 1.165) is 38.5 Å².